The van der Waals surface area contributed by atoms with Crippen molar-refractivity contribution in [2.45, 2.75) is 32.7 Å². The highest BCUT2D eigenvalue weighted by molar-refractivity contribution is 14.1. The minimum absolute atomic E-state index is 0.0309. The Morgan fingerprint density at radius 3 is 2.96 bits per heavy atom. The van der Waals surface area contributed by atoms with E-state index in [0.717, 1.165) is 28.5 Å². The molecule has 0 saturated carbocycles. The topological polar surface area (TPSA) is 78.1 Å². The molecule has 0 bridgehead atoms. The highest BCUT2D eigenvalue weighted by Crippen LogP contribution is 2.19. The zero-order valence-electron chi connectivity index (χ0n) is 14.3. The maximum absolute atomic E-state index is 12.6. The van der Waals surface area contributed by atoms with Gasteiger partial charge in [-0.2, -0.15) is 0 Å². The molecule has 1 aromatic carbocycles. The third kappa shape index (κ3) is 4.20. The number of aryl methyl sites for hydroxylation is 2. The molecule has 6 nitrogen and oxygen atoms in total. The average molecular weight is 452 g/mol. The number of hydrogen-bond acceptors (Lipinski definition) is 4. The van der Waals surface area contributed by atoms with Crippen molar-refractivity contribution in [2.75, 3.05) is 18.0 Å². The molecular weight excluding hydrogens is 431 g/mol. The first-order valence-electron chi connectivity index (χ1n) is 8.33. The highest BCUT2D eigenvalue weighted by Gasteiger charge is 2.24. The Labute approximate surface area is 160 Å². The summed E-state index contributed by atoms with van der Waals surface area (Å²) in [6, 6.07) is 7.27. The van der Waals surface area contributed by atoms with Gasteiger partial charge in [0.2, 0.25) is 5.95 Å². The molecule has 25 heavy (non-hydrogen) atoms. The summed E-state index contributed by atoms with van der Waals surface area (Å²) in [4.78, 5) is 33.5. The number of nitrogens with one attached hydrogen (secondary N) is 2. The highest BCUT2D eigenvalue weighted by atomic mass is 127. The molecule has 0 radical (unpaired) electrons. The molecule has 1 atom stereocenters. The normalized spacial score (nSPS) is 17.4. The summed E-state index contributed by atoms with van der Waals surface area (Å²) in [5.41, 5.74) is 2.35. The Kier molecular flexibility index (Phi) is 5.41. The lowest BCUT2D eigenvalue weighted by atomic mass is 10.0. The second-order valence-electron chi connectivity index (χ2n) is 6.41. The van der Waals surface area contributed by atoms with Crippen molar-refractivity contribution in [3.05, 3.63) is 55.0 Å². The molecule has 1 aliphatic heterocycles. The van der Waals surface area contributed by atoms with E-state index < -0.39 is 0 Å². The Bertz CT molecular complexity index is 849. The van der Waals surface area contributed by atoms with Crippen LogP contribution in [0.5, 0.6) is 0 Å². The molecule has 132 valence electrons. The Balaban J connectivity index is 1.72. The van der Waals surface area contributed by atoms with Gasteiger partial charge in [0.05, 0.1) is 5.56 Å². The number of halogens is 1. The van der Waals surface area contributed by atoms with E-state index >= 15 is 0 Å². The van der Waals surface area contributed by atoms with Crippen LogP contribution in [0.3, 0.4) is 0 Å². The van der Waals surface area contributed by atoms with Crippen molar-refractivity contribution in [3.8, 4) is 0 Å². The van der Waals surface area contributed by atoms with Crippen molar-refractivity contribution >= 4 is 34.4 Å². The molecule has 0 spiro atoms. The van der Waals surface area contributed by atoms with E-state index in [2.05, 4.69) is 37.9 Å². The third-order valence-corrected chi connectivity index (χ3v) is 5.78. The van der Waals surface area contributed by atoms with Crippen LogP contribution in [0.4, 0.5) is 5.95 Å². The van der Waals surface area contributed by atoms with Crippen molar-refractivity contribution in [3.63, 3.8) is 0 Å². The molecule has 7 heteroatoms. The van der Waals surface area contributed by atoms with Crippen molar-refractivity contribution in [1.82, 2.24) is 15.3 Å². The maximum Gasteiger partial charge on any atom is 0.252 e. The predicted molar refractivity (Wildman–Crippen MR) is 106 cm³/mol. The van der Waals surface area contributed by atoms with Gasteiger partial charge in [-0.05, 0) is 60.9 Å². The Hall–Kier alpha value is -1.90. The molecule has 1 unspecified atom stereocenters. The number of carbonyl (C=O) groups excluding carboxylic acids is 1. The molecule has 2 heterocycles. The van der Waals surface area contributed by atoms with Gasteiger partial charge in [0, 0.05) is 34.5 Å². The van der Waals surface area contributed by atoms with Crippen LogP contribution in [0.25, 0.3) is 0 Å². The predicted octanol–water partition coefficient (Wildman–Crippen LogP) is 2.39. The fourth-order valence-corrected chi connectivity index (χ4v) is 3.69. The Morgan fingerprint density at radius 2 is 2.20 bits per heavy atom. The van der Waals surface area contributed by atoms with Gasteiger partial charge in [-0.1, -0.05) is 12.1 Å². The van der Waals surface area contributed by atoms with Crippen molar-refractivity contribution < 1.29 is 4.79 Å². The molecule has 3 rings (SSSR count). The monoisotopic (exact) mass is 452 g/mol. The second-order valence-corrected chi connectivity index (χ2v) is 7.48. The molecule has 1 fully saturated rings. The summed E-state index contributed by atoms with van der Waals surface area (Å²) in [6.45, 7) is 5.27. The number of benzene rings is 1. The van der Waals surface area contributed by atoms with Gasteiger partial charge < -0.3 is 10.2 Å². The summed E-state index contributed by atoms with van der Waals surface area (Å²) in [6.07, 6.45) is 1.86. The zero-order valence-corrected chi connectivity index (χ0v) is 16.5. The number of piperidine rings is 1. The van der Waals surface area contributed by atoms with E-state index in [4.69, 9.17) is 0 Å². The third-order valence-electron chi connectivity index (χ3n) is 4.35. The lowest BCUT2D eigenvalue weighted by Crippen LogP contribution is -2.48. The van der Waals surface area contributed by atoms with Crippen LogP contribution in [0.15, 0.2) is 29.1 Å². The minimum atomic E-state index is -0.150. The number of aromatic amines is 1. The maximum atomic E-state index is 12.6. The standard InChI is InChI=1S/C18H21IN4O2/c1-11-5-3-7-14(16(11)19)17(25)21-13-6-4-8-23(10-13)18-20-12(2)9-15(24)22-18/h3,5,7,9,13H,4,6,8,10H2,1-2H3,(H,21,25)(H,20,22,24). The first-order chi connectivity index (χ1) is 11.9. The lowest BCUT2D eigenvalue weighted by molar-refractivity contribution is 0.0932. The fourth-order valence-electron chi connectivity index (χ4n) is 3.09. The van der Waals surface area contributed by atoms with Gasteiger partial charge in [0.15, 0.2) is 0 Å². The quantitative estimate of drug-likeness (QED) is 0.702. The van der Waals surface area contributed by atoms with Gasteiger partial charge in [0.1, 0.15) is 0 Å². The van der Waals surface area contributed by atoms with Gasteiger partial charge in [0.25, 0.3) is 11.5 Å². The first-order valence-corrected chi connectivity index (χ1v) is 9.41. The molecule has 1 aromatic heterocycles. The van der Waals surface area contributed by atoms with Crippen LogP contribution in [-0.4, -0.2) is 35.0 Å². The van der Waals surface area contributed by atoms with E-state index in [1.807, 2.05) is 36.9 Å². The smallest absolute Gasteiger partial charge is 0.252 e. The van der Waals surface area contributed by atoms with Crippen molar-refractivity contribution in [1.29, 1.82) is 0 Å². The molecule has 2 N–H and O–H groups in total. The molecule has 1 aliphatic rings. The van der Waals surface area contributed by atoms with Crippen LogP contribution in [-0.2, 0) is 0 Å². The van der Waals surface area contributed by atoms with Crippen LogP contribution >= 0.6 is 22.6 Å². The number of anilines is 1. The average Bonchev–Trinajstić information content (AvgIpc) is 2.56. The molecule has 2 aromatic rings. The lowest BCUT2D eigenvalue weighted by Gasteiger charge is -2.33. The van der Waals surface area contributed by atoms with Gasteiger partial charge in [-0.25, -0.2) is 4.98 Å². The number of amides is 1. The fraction of sp³-hybridized carbons (Fsp3) is 0.389. The Morgan fingerprint density at radius 1 is 1.40 bits per heavy atom. The number of nitrogens with zero attached hydrogens (tertiary/aromatic N) is 2. The van der Waals surface area contributed by atoms with E-state index in [1.54, 1.807) is 0 Å². The molecule has 1 amide bonds. The second kappa shape index (κ2) is 7.55. The number of rotatable bonds is 3. The van der Waals surface area contributed by atoms with Gasteiger partial charge in [-0.3, -0.25) is 14.6 Å². The summed E-state index contributed by atoms with van der Waals surface area (Å²) in [7, 11) is 0. The zero-order chi connectivity index (χ0) is 18.0. The van der Waals surface area contributed by atoms with Crippen LogP contribution in [0.1, 0.15) is 34.5 Å². The molecular formula is C18H21IN4O2. The molecule has 1 saturated heterocycles. The number of H-pyrrole nitrogens is 1. The first kappa shape index (κ1) is 17.9. The SMILES string of the molecule is Cc1cc(=O)[nH]c(N2CCCC(NC(=O)c3cccc(C)c3I)C2)n1. The number of carbonyl (C=O) groups is 1. The summed E-state index contributed by atoms with van der Waals surface area (Å²) in [5, 5.41) is 3.13. The van der Waals surface area contributed by atoms with Crippen LogP contribution < -0.4 is 15.8 Å². The number of hydrogen-bond donors (Lipinski definition) is 2. The van der Waals surface area contributed by atoms with Gasteiger partial charge >= 0.3 is 0 Å². The summed E-state index contributed by atoms with van der Waals surface area (Å²) >= 11 is 2.21. The van der Waals surface area contributed by atoms with E-state index in [0.29, 0.717) is 23.8 Å². The summed E-state index contributed by atoms with van der Waals surface area (Å²) in [5.74, 6) is 0.528. The minimum Gasteiger partial charge on any atom is -0.347 e. The van der Waals surface area contributed by atoms with E-state index in [-0.39, 0.29) is 17.5 Å². The van der Waals surface area contributed by atoms with E-state index in [1.165, 1.54) is 6.07 Å². The van der Waals surface area contributed by atoms with E-state index in [9.17, 15) is 9.59 Å². The van der Waals surface area contributed by atoms with Crippen LogP contribution in [0.2, 0.25) is 0 Å². The van der Waals surface area contributed by atoms with Gasteiger partial charge in [-0.15, -0.1) is 0 Å². The van der Waals surface area contributed by atoms with Crippen molar-refractivity contribution in [2.24, 2.45) is 0 Å². The number of aromatic nitrogens is 2. The largest absolute Gasteiger partial charge is 0.347 e. The van der Waals surface area contributed by atoms with Crippen LogP contribution in [0, 0.1) is 17.4 Å². The molecule has 0 aliphatic carbocycles. The summed E-state index contributed by atoms with van der Waals surface area (Å²) < 4.78 is 0.981.